The second-order valence-electron chi connectivity index (χ2n) is 7.18. The summed E-state index contributed by atoms with van der Waals surface area (Å²) in [6.07, 6.45) is 0. The van der Waals surface area contributed by atoms with E-state index < -0.39 is 13.3 Å². The average Bonchev–Trinajstić information content (AvgIpc) is 3.00. The van der Waals surface area contributed by atoms with Crippen LogP contribution in [0.25, 0.3) is 5.69 Å². The van der Waals surface area contributed by atoms with Crippen LogP contribution in [0.4, 0.5) is 0 Å². The zero-order valence-electron chi connectivity index (χ0n) is 15.9. The van der Waals surface area contributed by atoms with Gasteiger partial charge in [-0.15, -0.1) is 0 Å². The number of hydrogen-bond acceptors (Lipinski definition) is 4. The fourth-order valence-electron chi connectivity index (χ4n) is 1.59. The van der Waals surface area contributed by atoms with Crippen molar-refractivity contribution < 1.29 is 4.79 Å². The number of carbonyl (C=O) groups is 1. The molecule has 10 heteroatoms. The van der Waals surface area contributed by atoms with E-state index in [1.807, 2.05) is 0 Å². The van der Waals surface area contributed by atoms with Crippen LogP contribution < -0.4 is 5.69 Å². The molecule has 0 aliphatic carbocycles. The van der Waals surface area contributed by atoms with Crippen LogP contribution in [0.3, 0.4) is 0 Å². The Bertz CT molecular complexity index is 961. The minimum Gasteiger partial charge on any atom is -0.276 e. The summed E-state index contributed by atoms with van der Waals surface area (Å²) in [4.78, 5) is 21.6. The fraction of sp³-hybridized carbons (Fsp3) is 0.222. The van der Waals surface area contributed by atoms with E-state index in [2.05, 4.69) is 41.7 Å². The van der Waals surface area contributed by atoms with Crippen LogP contribution in [0, 0.1) is 0 Å². The predicted molar refractivity (Wildman–Crippen MR) is 118 cm³/mol. The summed E-state index contributed by atoms with van der Waals surface area (Å²) >= 11 is 16.5. The normalized spacial score (nSPS) is 10.2. The van der Waals surface area contributed by atoms with Crippen LogP contribution in [-0.4, -0.2) is 33.5 Å². The first-order chi connectivity index (χ1) is 13.0. The monoisotopic (exact) mass is 458 g/mol. The van der Waals surface area contributed by atoms with Gasteiger partial charge in [0.15, 0.2) is 0 Å². The SMILES string of the molecule is C[Si](C)(C)C.O=C(Cl)c1cccc(Cl)c1.O=c1[nH]nnn1-c1cccc(Cl)c1. The second-order valence-corrected chi connectivity index (χ2v) is 14.4. The lowest BCUT2D eigenvalue weighted by molar-refractivity contribution is 0.108. The van der Waals surface area contributed by atoms with Crippen molar-refractivity contribution in [3.8, 4) is 5.69 Å². The van der Waals surface area contributed by atoms with E-state index in [4.69, 9.17) is 34.8 Å². The molecule has 2 aromatic carbocycles. The largest absolute Gasteiger partial charge is 0.365 e. The molecule has 1 aromatic heterocycles. The Labute approximate surface area is 179 Å². The Kier molecular flexibility index (Phi) is 9.61. The van der Waals surface area contributed by atoms with Crippen molar-refractivity contribution in [3.63, 3.8) is 0 Å². The fourth-order valence-corrected chi connectivity index (χ4v) is 2.08. The topological polar surface area (TPSA) is 80.6 Å². The number of tetrazole rings is 1. The van der Waals surface area contributed by atoms with E-state index in [-0.39, 0.29) is 5.69 Å². The van der Waals surface area contributed by atoms with Gasteiger partial charge in [0.25, 0.3) is 5.24 Å². The first kappa shape index (κ1) is 24.1. The summed E-state index contributed by atoms with van der Waals surface area (Å²) in [5.74, 6) is 0. The molecule has 0 fully saturated rings. The third kappa shape index (κ3) is 9.84. The van der Waals surface area contributed by atoms with E-state index in [1.54, 1.807) is 42.5 Å². The van der Waals surface area contributed by atoms with Gasteiger partial charge in [0, 0.05) is 23.7 Å². The molecule has 0 spiro atoms. The number of aromatic amines is 1. The summed E-state index contributed by atoms with van der Waals surface area (Å²) in [5.41, 5.74) is 0.627. The van der Waals surface area contributed by atoms with Crippen molar-refractivity contribution in [2.45, 2.75) is 26.2 Å². The minimum atomic E-state index is -0.611. The van der Waals surface area contributed by atoms with Gasteiger partial charge in [-0.05, 0) is 58.4 Å². The lowest BCUT2D eigenvalue weighted by atomic mass is 10.2. The van der Waals surface area contributed by atoms with E-state index in [1.165, 1.54) is 6.07 Å². The number of rotatable bonds is 2. The molecule has 3 aromatic rings. The Balaban J connectivity index is 0.000000233. The van der Waals surface area contributed by atoms with E-state index in [9.17, 15) is 9.59 Å². The highest BCUT2D eigenvalue weighted by Gasteiger charge is 2.02. The molecule has 0 radical (unpaired) electrons. The van der Waals surface area contributed by atoms with Crippen molar-refractivity contribution in [1.82, 2.24) is 20.2 Å². The van der Waals surface area contributed by atoms with Gasteiger partial charge in [0.2, 0.25) is 0 Å². The second kappa shape index (κ2) is 11.2. The number of H-pyrrole nitrogens is 1. The molecule has 0 unspecified atom stereocenters. The zero-order valence-corrected chi connectivity index (χ0v) is 19.2. The molecule has 0 atom stereocenters. The summed E-state index contributed by atoms with van der Waals surface area (Å²) in [6.45, 7) is 9.31. The van der Waals surface area contributed by atoms with Crippen molar-refractivity contribution in [2.24, 2.45) is 0 Å². The third-order valence-electron chi connectivity index (χ3n) is 2.58. The Morgan fingerprint density at radius 1 is 1.00 bits per heavy atom. The Hall–Kier alpha value is -1.93. The van der Waals surface area contributed by atoms with Crippen LogP contribution in [-0.2, 0) is 0 Å². The highest BCUT2D eigenvalue weighted by Crippen LogP contribution is 2.12. The van der Waals surface area contributed by atoms with Gasteiger partial charge < -0.3 is 0 Å². The van der Waals surface area contributed by atoms with E-state index in [0.717, 1.165) is 4.68 Å². The number of halogens is 3. The van der Waals surface area contributed by atoms with Gasteiger partial charge in [-0.3, -0.25) is 4.79 Å². The molecule has 3 rings (SSSR count). The molecule has 0 aliphatic rings. The van der Waals surface area contributed by atoms with Crippen molar-refractivity contribution in [1.29, 1.82) is 0 Å². The number of carbonyl (C=O) groups excluding carboxylic acids is 1. The van der Waals surface area contributed by atoms with Gasteiger partial charge in [-0.1, -0.05) is 61.5 Å². The highest BCUT2D eigenvalue weighted by atomic mass is 35.5. The zero-order chi connectivity index (χ0) is 21.3. The Morgan fingerprint density at radius 3 is 1.93 bits per heavy atom. The van der Waals surface area contributed by atoms with Crippen LogP contribution >= 0.6 is 34.8 Å². The summed E-state index contributed by atoms with van der Waals surface area (Å²) < 4.78 is 1.13. The van der Waals surface area contributed by atoms with Crippen molar-refractivity contribution in [2.75, 3.05) is 0 Å². The summed E-state index contributed by atoms with van der Waals surface area (Å²) in [5, 5.41) is 9.70. The van der Waals surface area contributed by atoms with Gasteiger partial charge in [0.05, 0.1) is 5.69 Å². The van der Waals surface area contributed by atoms with Crippen LogP contribution in [0.5, 0.6) is 0 Å². The van der Waals surface area contributed by atoms with Gasteiger partial charge in [-0.2, -0.15) is 4.68 Å². The molecule has 28 heavy (non-hydrogen) atoms. The molecule has 0 aliphatic heterocycles. The molecule has 0 saturated carbocycles. The van der Waals surface area contributed by atoms with Crippen LogP contribution in [0.15, 0.2) is 53.3 Å². The first-order valence-electron chi connectivity index (χ1n) is 8.19. The first-order valence-corrected chi connectivity index (χ1v) is 13.3. The average molecular weight is 460 g/mol. The molecule has 0 saturated heterocycles. The summed E-state index contributed by atoms with van der Waals surface area (Å²) in [6, 6.07) is 13.3. The molecule has 0 bridgehead atoms. The molecular weight excluding hydrogens is 439 g/mol. The predicted octanol–water partition coefficient (Wildman–Crippen LogP) is 5.28. The lowest BCUT2D eigenvalue weighted by Gasteiger charge is -2.01. The summed E-state index contributed by atoms with van der Waals surface area (Å²) in [7, 11) is -0.611. The van der Waals surface area contributed by atoms with Crippen LogP contribution in [0.1, 0.15) is 10.4 Å². The van der Waals surface area contributed by atoms with Crippen molar-refractivity contribution >= 4 is 48.1 Å². The standard InChI is InChI=1S/C7H4Cl2O.C7H5ClN4O.C4H12Si/c8-6-3-1-2-5(4-6)7(9)10;8-5-2-1-3-6(4-5)12-7(13)9-10-11-12;1-5(2,3)4/h1-4H;1-4H,(H,9,11,13);1-4H3. The number of hydrogen-bond donors (Lipinski definition) is 1. The third-order valence-corrected chi connectivity index (χ3v) is 3.26. The Morgan fingerprint density at radius 2 is 1.54 bits per heavy atom. The molecule has 150 valence electrons. The van der Waals surface area contributed by atoms with Gasteiger partial charge in [-0.25, -0.2) is 9.89 Å². The molecule has 1 heterocycles. The molecular formula is C18H21Cl3N4O2Si. The van der Waals surface area contributed by atoms with E-state index in [0.29, 0.717) is 21.3 Å². The molecule has 1 N–H and O–H groups in total. The van der Waals surface area contributed by atoms with Crippen molar-refractivity contribution in [3.05, 3.63) is 74.6 Å². The number of nitrogens with zero attached hydrogens (tertiary/aromatic N) is 3. The maximum absolute atomic E-state index is 11.1. The maximum atomic E-state index is 11.1. The maximum Gasteiger partial charge on any atom is 0.365 e. The lowest BCUT2D eigenvalue weighted by Crippen LogP contribution is -2.15. The minimum absolute atomic E-state index is 0.387. The molecule has 0 amide bonds. The quantitative estimate of drug-likeness (QED) is 0.417. The number of nitrogens with one attached hydrogen (secondary N) is 1. The van der Waals surface area contributed by atoms with E-state index >= 15 is 0 Å². The van der Waals surface area contributed by atoms with Crippen LogP contribution in [0.2, 0.25) is 36.2 Å². The molecule has 6 nitrogen and oxygen atoms in total. The smallest absolute Gasteiger partial charge is 0.276 e. The highest BCUT2D eigenvalue weighted by molar-refractivity contribution is 6.74. The number of aromatic nitrogens is 4. The van der Waals surface area contributed by atoms with Gasteiger partial charge in [0.1, 0.15) is 0 Å². The number of benzene rings is 2. The van der Waals surface area contributed by atoms with Gasteiger partial charge >= 0.3 is 5.69 Å².